The van der Waals surface area contributed by atoms with Crippen molar-refractivity contribution in [1.82, 2.24) is 0 Å². The Labute approximate surface area is 303 Å². The molecule has 7 aromatic carbocycles. The van der Waals surface area contributed by atoms with Gasteiger partial charge in [-0.2, -0.15) is 0 Å². The minimum absolute atomic E-state index is 0.00255. The first-order valence-corrected chi connectivity index (χ1v) is 18.9. The second kappa shape index (κ2) is 12.0. The van der Waals surface area contributed by atoms with Gasteiger partial charge in [-0.05, 0) is 139 Å². The third-order valence-electron chi connectivity index (χ3n) is 11.4. The van der Waals surface area contributed by atoms with E-state index >= 15 is 0 Å². The van der Waals surface area contributed by atoms with E-state index in [4.69, 9.17) is 0 Å². The molecule has 10 rings (SSSR count). The number of hydrogen-bond donors (Lipinski definition) is 0. The van der Waals surface area contributed by atoms with Crippen LogP contribution in [0.2, 0.25) is 0 Å². The highest BCUT2D eigenvalue weighted by Crippen LogP contribution is 2.55. The van der Waals surface area contributed by atoms with Gasteiger partial charge in [-0.25, -0.2) is 0 Å². The number of anilines is 6. The first-order valence-electron chi connectivity index (χ1n) is 18.1. The number of fused-ring (bicyclic) bond motifs is 7. The van der Waals surface area contributed by atoms with Crippen LogP contribution in [0.25, 0.3) is 20.2 Å². The maximum Gasteiger partial charge on any atom is 0.0505 e. The lowest BCUT2D eigenvalue weighted by Gasteiger charge is -2.32. The van der Waals surface area contributed by atoms with Crippen molar-refractivity contribution in [2.75, 3.05) is 9.80 Å². The molecule has 0 aliphatic heterocycles. The molecule has 246 valence electrons. The molecule has 0 bridgehead atoms. The fourth-order valence-electron chi connectivity index (χ4n) is 8.95. The molecular formula is C48H38N2S. The zero-order valence-corrected chi connectivity index (χ0v) is 29.5. The van der Waals surface area contributed by atoms with Crippen LogP contribution < -0.4 is 9.80 Å². The van der Waals surface area contributed by atoms with Crippen LogP contribution in [-0.2, 0) is 18.3 Å². The maximum atomic E-state index is 2.54. The Kier molecular flexibility index (Phi) is 7.11. The molecule has 8 aromatic rings. The van der Waals surface area contributed by atoms with Crippen LogP contribution in [0, 0.1) is 6.92 Å². The Morgan fingerprint density at radius 3 is 1.55 bits per heavy atom. The molecule has 3 heteroatoms. The van der Waals surface area contributed by atoms with E-state index in [0.29, 0.717) is 0 Å². The van der Waals surface area contributed by atoms with Gasteiger partial charge in [0.25, 0.3) is 0 Å². The van der Waals surface area contributed by atoms with Crippen molar-refractivity contribution < 1.29 is 0 Å². The molecule has 1 heterocycles. The topological polar surface area (TPSA) is 6.48 Å². The Morgan fingerprint density at radius 2 is 0.961 bits per heavy atom. The summed E-state index contributed by atoms with van der Waals surface area (Å²) >= 11 is 1.89. The summed E-state index contributed by atoms with van der Waals surface area (Å²) in [5, 5.41) is 2.69. The molecule has 0 saturated carbocycles. The van der Waals surface area contributed by atoms with Gasteiger partial charge in [-0.15, -0.1) is 11.3 Å². The fraction of sp³-hybridized carbons (Fsp3) is 0.125. The summed E-state index contributed by atoms with van der Waals surface area (Å²) in [4.78, 5) is 4.90. The normalized spacial score (nSPS) is 16.1. The summed E-state index contributed by atoms with van der Waals surface area (Å²) in [5.74, 6) is 0. The number of rotatable bonds is 6. The Bertz CT molecular complexity index is 2510. The van der Waals surface area contributed by atoms with Crippen molar-refractivity contribution in [2.24, 2.45) is 0 Å². The smallest absolute Gasteiger partial charge is 0.0505 e. The highest BCUT2D eigenvalue weighted by atomic mass is 32.1. The van der Waals surface area contributed by atoms with Crippen LogP contribution in [0.5, 0.6) is 0 Å². The summed E-state index contributed by atoms with van der Waals surface area (Å²) in [6, 6.07) is 60.7. The van der Waals surface area contributed by atoms with Crippen LogP contribution in [-0.4, -0.2) is 0 Å². The zero-order valence-electron chi connectivity index (χ0n) is 28.7. The third-order valence-corrected chi connectivity index (χ3v) is 12.5. The lowest BCUT2D eigenvalue weighted by atomic mass is 9.76. The maximum absolute atomic E-state index is 2.54. The van der Waals surface area contributed by atoms with Crippen molar-refractivity contribution in [2.45, 2.75) is 38.0 Å². The predicted octanol–water partition coefficient (Wildman–Crippen LogP) is 13.5. The molecule has 1 spiro atoms. The monoisotopic (exact) mass is 674 g/mol. The first-order chi connectivity index (χ1) is 25.2. The highest BCUT2D eigenvalue weighted by molar-refractivity contribution is 7.25. The summed E-state index contributed by atoms with van der Waals surface area (Å²) < 4.78 is 2.67. The molecule has 2 aliphatic rings. The van der Waals surface area contributed by atoms with E-state index in [9.17, 15) is 0 Å². The molecule has 0 unspecified atom stereocenters. The standard InChI is InChI=1S/C48H38N2S/c1-33-29-42-41-19-11-12-20-46(41)51-47(42)32-45(33)50(38-17-9-4-10-18-38)40-24-22-35-26-28-48(44(35)31-40)27-25-34-21-23-39(30-43(34)48)49(36-13-5-2-6-14-36)37-15-7-3-8-16-37/h2-24,29-32H,25-28H2,1H3/t48-/m1/s1. The summed E-state index contributed by atoms with van der Waals surface area (Å²) in [7, 11) is 0. The van der Waals surface area contributed by atoms with Crippen molar-refractivity contribution in [3.8, 4) is 0 Å². The third kappa shape index (κ3) is 4.91. The zero-order chi connectivity index (χ0) is 33.9. The number of hydrogen-bond acceptors (Lipinski definition) is 3. The number of thiophene rings is 1. The molecule has 0 saturated heterocycles. The molecule has 0 fully saturated rings. The summed E-state index contributed by atoms with van der Waals surface area (Å²) in [6.07, 6.45) is 4.52. The quantitative estimate of drug-likeness (QED) is 0.173. The van der Waals surface area contributed by atoms with Crippen molar-refractivity contribution in [3.63, 3.8) is 0 Å². The van der Waals surface area contributed by atoms with E-state index in [2.05, 4.69) is 181 Å². The van der Waals surface area contributed by atoms with E-state index in [1.807, 2.05) is 11.3 Å². The van der Waals surface area contributed by atoms with Gasteiger partial charge in [0, 0.05) is 54.0 Å². The van der Waals surface area contributed by atoms with E-state index in [1.54, 1.807) is 0 Å². The minimum atomic E-state index is 0.00255. The molecule has 2 nitrogen and oxygen atoms in total. The van der Waals surface area contributed by atoms with E-state index < -0.39 is 0 Å². The Balaban J connectivity index is 1.12. The van der Waals surface area contributed by atoms with Gasteiger partial charge in [0.2, 0.25) is 0 Å². The molecular weight excluding hydrogens is 637 g/mol. The first kappa shape index (κ1) is 30.2. The average molecular weight is 675 g/mol. The molecule has 1 atom stereocenters. The van der Waals surface area contributed by atoms with E-state index in [0.717, 1.165) is 25.7 Å². The number of para-hydroxylation sites is 3. The molecule has 0 radical (unpaired) electrons. The predicted molar refractivity (Wildman–Crippen MR) is 217 cm³/mol. The van der Waals surface area contributed by atoms with Crippen LogP contribution in [0.4, 0.5) is 34.1 Å². The fourth-order valence-corrected chi connectivity index (χ4v) is 10.1. The molecule has 1 aromatic heterocycles. The molecule has 0 N–H and O–H groups in total. The van der Waals surface area contributed by atoms with Crippen LogP contribution >= 0.6 is 11.3 Å². The van der Waals surface area contributed by atoms with Crippen LogP contribution in [0.15, 0.2) is 164 Å². The second-order valence-corrected chi connectivity index (χ2v) is 15.3. The number of benzene rings is 7. The van der Waals surface area contributed by atoms with Gasteiger partial charge in [0.05, 0.1) is 5.69 Å². The van der Waals surface area contributed by atoms with Gasteiger partial charge in [0.15, 0.2) is 0 Å². The lowest BCUT2D eigenvalue weighted by molar-refractivity contribution is 0.507. The van der Waals surface area contributed by atoms with Gasteiger partial charge in [-0.3, -0.25) is 0 Å². The van der Waals surface area contributed by atoms with Gasteiger partial charge < -0.3 is 9.80 Å². The lowest BCUT2D eigenvalue weighted by Crippen LogP contribution is -2.22. The summed E-state index contributed by atoms with van der Waals surface area (Å²) in [6.45, 7) is 2.27. The summed E-state index contributed by atoms with van der Waals surface area (Å²) in [5.41, 5.74) is 14.5. The number of nitrogens with zero attached hydrogens (tertiary/aromatic N) is 2. The van der Waals surface area contributed by atoms with Crippen LogP contribution in [0.1, 0.15) is 40.7 Å². The van der Waals surface area contributed by atoms with Crippen molar-refractivity contribution in [1.29, 1.82) is 0 Å². The van der Waals surface area contributed by atoms with Crippen molar-refractivity contribution >= 4 is 65.6 Å². The minimum Gasteiger partial charge on any atom is -0.310 e. The second-order valence-electron chi connectivity index (χ2n) is 14.2. The molecule has 0 amide bonds. The Morgan fingerprint density at radius 1 is 0.451 bits per heavy atom. The average Bonchev–Trinajstić information content (AvgIpc) is 3.86. The van der Waals surface area contributed by atoms with E-state index in [1.165, 1.54) is 82.1 Å². The highest BCUT2D eigenvalue weighted by Gasteiger charge is 2.45. The molecule has 2 aliphatic carbocycles. The van der Waals surface area contributed by atoms with E-state index in [-0.39, 0.29) is 5.41 Å². The van der Waals surface area contributed by atoms with Crippen LogP contribution in [0.3, 0.4) is 0 Å². The largest absolute Gasteiger partial charge is 0.310 e. The molecule has 51 heavy (non-hydrogen) atoms. The van der Waals surface area contributed by atoms with Gasteiger partial charge >= 0.3 is 0 Å². The number of aryl methyl sites for hydroxylation is 3. The Hall–Kier alpha value is -5.64. The van der Waals surface area contributed by atoms with Crippen molar-refractivity contribution in [3.05, 3.63) is 192 Å². The van der Waals surface area contributed by atoms with Gasteiger partial charge in [0.1, 0.15) is 0 Å². The van der Waals surface area contributed by atoms with Gasteiger partial charge in [-0.1, -0.05) is 84.9 Å². The SMILES string of the molecule is Cc1cc2c(cc1N(c1ccccc1)c1ccc3c(c1)[C@]1(CCc4ccc(N(c5ccccc5)c5ccccc5)cc41)CC3)sc1ccccc12.